The van der Waals surface area contributed by atoms with Crippen LogP contribution in [0.1, 0.15) is 63.0 Å². The van der Waals surface area contributed by atoms with Crippen LogP contribution in [0.2, 0.25) is 0 Å². The number of nitrogens with zero attached hydrogens (tertiary/aromatic N) is 1. The maximum absolute atomic E-state index is 13.5. The van der Waals surface area contributed by atoms with Crippen LogP contribution in [0, 0.1) is 22.2 Å². The zero-order chi connectivity index (χ0) is 27.3. The molecule has 1 aromatic heterocycles. The van der Waals surface area contributed by atoms with E-state index in [1.165, 1.54) is 6.07 Å². The lowest BCUT2D eigenvalue weighted by molar-refractivity contribution is -0.184. The summed E-state index contributed by atoms with van der Waals surface area (Å²) in [4.78, 5) is 38.9. The molecule has 1 aliphatic carbocycles. The summed E-state index contributed by atoms with van der Waals surface area (Å²) >= 11 is 0. The van der Waals surface area contributed by atoms with Crippen LogP contribution in [0.4, 0.5) is 0 Å². The summed E-state index contributed by atoms with van der Waals surface area (Å²) in [6, 6.07) is 13.9. The molecule has 2 aromatic carbocycles. The van der Waals surface area contributed by atoms with Crippen molar-refractivity contribution >= 4 is 22.9 Å². The molecule has 8 nitrogen and oxygen atoms in total. The highest BCUT2D eigenvalue weighted by Crippen LogP contribution is 2.65. The van der Waals surface area contributed by atoms with Crippen molar-refractivity contribution in [3.05, 3.63) is 75.1 Å². The molecule has 0 radical (unpaired) electrons. The minimum absolute atomic E-state index is 0.145. The lowest BCUT2D eigenvalue weighted by Gasteiger charge is -2.34. The Balaban J connectivity index is 1.50. The molecule has 38 heavy (non-hydrogen) atoms. The standard InChI is InChI=1S/C30H29NO7/c1-5-20-14-23(32)21-9-10-24(35-16-19-8-6-7-18(13-19)15-31)22(25(21)37-20)17-36-27(34)30-12-11-29(4,26(33)38-30)28(30,2)3/h6-10,13-14H,5,11-12,16-17H2,1-4H3/t29-,30+/m1/s1. The lowest BCUT2D eigenvalue weighted by Crippen LogP contribution is -2.48. The van der Waals surface area contributed by atoms with Crippen molar-refractivity contribution in [1.82, 2.24) is 0 Å². The van der Waals surface area contributed by atoms with Gasteiger partial charge in [0.15, 0.2) is 5.43 Å². The number of carbonyl (C=O) groups is 2. The first-order valence-electron chi connectivity index (χ1n) is 12.7. The molecule has 2 fully saturated rings. The third-order valence-corrected chi connectivity index (χ3v) is 8.57. The highest BCUT2D eigenvalue weighted by molar-refractivity contribution is 5.93. The fraction of sp³-hybridized carbons (Fsp3) is 0.400. The molecular formula is C30H29NO7. The van der Waals surface area contributed by atoms with Crippen LogP contribution >= 0.6 is 0 Å². The number of nitriles is 1. The Labute approximate surface area is 220 Å². The third-order valence-electron chi connectivity index (χ3n) is 8.57. The first-order valence-corrected chi connectivity index (χ1v) is 12.7. The minimum atomic E-state index is -1.38. The monoisotopic (exact) mass is 515 g/mol. The Morgan fingerprint density at radius 1 is 1.08 bits per heavy atom. The van der Waals surface area contributed by atoms with Crippen molar-refractivity contribution < 1.29 is 28.2 Å². The van der Waals surface area contributed by atoms with Gasteiger partial charge < -0.3 is 18.6 Å². The van der Waals surface area contributed by atoms with Crippen molar-refractivity contribution in [2.75, 3.05) is 0 Å². The number of benzene rings is 2. The molecule has 2 atom stereocenters. The van der Waals surface area contributed by atoms with Gasteiger partial charge in [-0.3, -0.25) is 9.59 Å². The highest BCUT2D eigenvalue weighted by atomic mass is 16.6. The van der Waals surface area contributed by atoms with Crippen LogP contribution in [-0.4, -0.2) is 17.5 Å². The van der Waals surface area contributed by atoms with Gasteiger partial charge in [0.1, 0.15) is 30.3 Å². The van der Waals surface area contributed by atoms with E-state index in [-0.39, 0.29) is 24.2 Å². The van der Waals surface area contributed by atoms with Crippen molar-refractivity contribution in [3.8, 4) is 11.8 Å². The van der Waals surface area contributed by atoms with E-state index in [1.807, 2.05) is 33.8 Å². The number of esters is 2. The maximum Gasteiger partial charge on any atom is 0.351 e. The Bertz CT molecular complexity index is 1560. The van der Waals surface area contributed by atoms with Crippen LogP contribution in [0.15, 0.2) is 51.7 Å². The van der Waals surface area contributed by atoms with Gasteiger partial charge in [0.05, 0.1) is 28.0 Å². The largest absolute Gasteiger partial charge is 0.488 e. The van der Waals surface area contributed by atoms with E-state index < -0.39 is 28.4 Å². The highest BCUT2D eigenvalue weighted by Gasteiger charge is 2.76. The molecule has 0 amide bonds. The van der Waals surface area contributed by atoms with Gasteiger partial charge in [0.25, 0.3) is 0 Å². The minimum Gasteiger partial charge on any atom is -0.488 e. The first-order chi connectivity index (χ1) is 18.1. The second-order valence-corrected chi connectivity index (χ2v) is 10.7. The number of ether oxygens (including phenoxy) is 3. The molecule has 1 saturated carbocycles. The molecule has 0 spiro atoms. The van der Waals surface area contributed by atoms with Crippen molar-refractivity contribution in [2.24, 2.45) is 10.8 Å². The van der Waals surface area contributed by atoms with Gasteiger partial charge in [-0.25, -0.2) is 4.79 Å². The number of rotatable bonds is 7. The van der Waals surface area contributed by atoms with Crippen LogP contribution in [-0.2, 0) is 38.7 Å². The normalized spacial score (nSPS) is 23.2. The number of hydrogen-bond acceptors (Lipinski definition) is 8. The average Bonchev–Trinajstić information content (AvgIpc) is 3.21. The third kappa shape index (κ3) is 3.68. The zero-order valence-corrected chi connectivity index (χ0v) is 21.9. The molecule has 2 aliphatic rings. The summed E-state index contributed by atoms with van der Waals surface area (Å²) in [5.74, 6) is -0.153. The maximum atomic E-state index is 13.5. The van der Waals surface area contributed by atoms with Gasteiger partial charge in [-0.2, -0.15) is 5.26 Å². The van der Waals surface area contributed by atoms with E-state index >= 15 is 0 Å². The smallest absolute Gasteiger partial charge is 0.351 e. The molecule has 1 saturated heterocycles. The van der Waals surface area contributed by atoms with Crippen LogP contribution in [0.25, 0.3) is 11.0 Å². The predicted molar refractivity (Wildman–Crippen MR) is 137 cm³/mol. The van der Waals surface area contributed by atoms with Crippen LogP contribution in [0.3, 0.4) is 0 Å². The number of aryl methyl sites for hydroxylation is 1. The van der Waals surface area contributed by atoms with E-state index in [1.54, 1.807) is 30.3 Å². The fourth-order valence-electron chi connectivity index (χ4n) is 5.60. The van der Waals surface area contributed by atoms with Gasteiger partial charge >= 0.3 is 11.9 Å². The summed E-state index contributed by atoms with van der Waals surface area (Å²) in [5.41, 5.74) is -1.13. The molecule has 0 unspecified atom stereocenters. The molecule has 5 rings (SSSR count). The van der Waals surface area contributed by atoms with Crippen LogP contribution < -0.4 is 10.2 Å². The zero-order valence-electron chi connectivity index (χ0n) is 21.9. The Kier molecular flexibility index (Phi) is 6.06. The second kappa shape index (κ2) is 9.02. The van der Waals surface area contributed by atoms with E-state index in [4.69, 9.17) is 18.6 Å². The van der Waals surface area contributed by atoms with Gasteiger partial charge in [0, 0.05) is 17.9 Å². The molecule has 0 N–H and O–H groups in total. The molecule has 3 aromatic rings. The molecule has 2 heterocycles. The summed E-state index contributed by atoms with van der Waals surface area (Å²) in [5, 5.41) is 9.54. The summed E-state index contributed by atoms with van der Waals surface area (Å²) in [7, 11) is 0. The average molecular weight is 516 g/mol. The second-order valence-electron chi connectivity index (χ2n) is 10.7. The quantitative estimate of drug-likeness (QED) is 0.405. The SMILES string of the molecule is CCc1cc(=O)c2ccc(OCc3cccc(C#N)c3)c(COC(=O)[C@]34CC[C@](C)(C(=O)O3)C4(C)C)c2o1. The Hall–Kier alpha value is -4.12. The van der Waals surface area contributed by atoms with E-state index in [0.29, 0.717) is 47.3 Å². The number of carbonyl (C=O) groups excluding carboxylic acids is 2. The molecule has 196 valence electrons. The number of fused-ring (bicyclic) bond motifs is 3. The molecule has 8 heteroatoms. The van der Waals surface area contributed by atoms with Crippen molar-refractivity contribution in [1.29, 1.82) is 5.26 Å². The van der Waals surface area contributed by atoms with E-state index in [0.717, 1.165) is 5.56 Å². The van der Waals surface area contributed by atoms with E-state index in [2.05, 4.69) is 6.07 Å². The van der Waals surface area contributed by atoms with Gasteiger partial charge in [0.2, 0.25) is 5.60 Å². The van der Waals surface area contributed by atoms with Crippen LogP contribution in [0.5, 0.6) is 5.75 Å². The summed E-state index contributed by atoms with van der Waals surface area (Å²) in [6.07, 6.45) is 1.42. The molecule has 1 aliphatic heterocycles. The predicted octanol–water partition coefficient (Wildman–Crippen LogP) is 4.97. The topological polar surface area (TPSA) is 116 Å². The Morgan fingerprint density at radius 3 is 2.53 bits per heavy atom. The van der Waals surface area contributed by atoms with Crippen molar-refractivity contribution in [2.45, 2.75) is 65.8 Å². The van der Waals surface area contributed by atoms with Crippen molar-refractivity contribution in [3.63, 3.8) is 0 Å². The fourth-order valence-corrected chi connectivity index (χ4v) is 5.60. The van der Waals surface area contributed by atoms with Gasteiger partial charge in [-0.15, -0.1) is 0 Å². The summed E-state index contributed by atoms with van der Waals surface area (Å²) < 4.78 is 23.6. The van der Waals surface area contributed by atoms with E-state index in [9.17, 15) is 19.6 Å². The lowest BCUT2D eigenvalue weighted by atomic mass is 9.66. The summed E-state index contributed by atoms with van der Waals surface area (Å²) in [6.45, 7) is 7.33. The number of hydrogen-bond donors (Lipinski definition) is 0. The Morgan fingerprint density at radius 2 is 1.87 bits per heavy atom. The van der Waals surface area contributed by atoms with Gasteiger partial charge in [-0.1, -0.05) is 32.9 Å². The molecule has 2 bridgehead atoms. The molecular weight excluding hydrogens is 486 g/mol. The van der Waals surface area contributed by atoms with Gasteiger partial charge in [-0.05, 0) is 49.6 Å². The first kappa shape index (κ1) is 25.5.